The monoisotopic (exact) mass is 434 g/mol. The van der Waals surface area contributed by atoms with Gasteiger partial charge in [-0.25, -0.2) is 0 Å². The Morgan fingerprint density at radius 2 is 1.66 bits per heavy atom. The van der Waals surface area contributed by atoms with Gasteiger partial charge in [0.05, 0.1) is 7.11 Å². The van der Waals surface area contributed by atoms with Crippen molar-refractivity contribution in [3.63, 3.8) is 0 Å². The lowest BCUT2D eigenvalue weighted by atomic mass is 9.89. The Morgan fingerprint density at radius 3 is 2.38 bits per heavy atom. The van der Waals surface area contributed by atoms with Gasteiger partial charge in [0.15, 0.2) is 0 Å². The fraction of sp³-hybridized carbons (Fsp3) is 0.481. The molecule has 2 aromatic rings. The van der Waals surface area contributed by atoms with Crippen LogP contribution in [0.25, 0.3) is 0 Å². The lowest BCUT2D eigenvalue weighted by molar-refractivity contribution is 0.0706. The van der Waals surface area contributed by atoms with E-state index in [0.29, 0.717) is 18.2 Å². The predicted molar refractivity (Wildman–Crippen MR) is 126 cm³/mol. The molecule has 1 aliphatic heterocycles. The highest BCUT2D eigenvalue weighted by Gasteiger charge is 2.26. The van der Waals surface area contributed by atoms with Crippen LogP contribution in [0.5, 0.6) is 5.75 Å². The molecular formula is C27H34N2O3. The average molecular weight is 435 g/mol. The number of amides is 2. The van der Waals surface area contributed by atoms with Crippen molar-refractivity contribution in [2.24, 2.45) is 0 Å². The summed E-state index contributed by atoms with van der Waals surface area (Å²) < 4.78 is 5.20. The molecule has 1 N–H and O–H groups in total. The summed E-state index contributed by atoms with van der Waals surface area (Å²) >= 11 is 0. The highest BCUT2D eigenvalue weighted by Crippen LogP contribution is 2.29. The summed E-state index contributed by atoms with van der Waals surface area (Å²) in [4.78, 5) is 27.8. The first kappa shape index (κ1) is 22.4. The Labute approximate surface area is 191 Å². The first-order chi connectivity index (χ1) is 15.6. The molecular weight excluding hydrogens is 400 g/mol. The summed E-state index contributed by atoms with van der Waals surface area (Å²) in [5.74, 6) is 1.08. The Kier molecular flexibility index (Phi) is 7.46. The number of nitrogens with one attached hydrogen (secondary N) is 1. The van der Waals surface area contributed by atoms with Crippen LogP contribution in [-0.4, -0.2) is 43.0 Å². The molecule has 0 aromatic heterocycles. The van der Waals surface area contributed by atoms with Crippen molar-refractivity contribution in [2.75, 3.05) is 20.2 Å². The topological polar surface area (TPSA) is 58.6 Å². The van der Waals surface area contributed by atoms with Gasteiger partial charge in [0.1, 0.15) is 5.75 Å². The molecule has 5 heteroatoms. The Bertz CT molecular complexity index is 917. The predicted octanol–water partition coefficient (Wildman–Crippen LogP) is 5.17. The smallest absolute Gasteiger partial charge is 0.253 e. The third kappa shape index (κ3) is 5.50. The summed E-state index contributed by atoms with van der Waals surface area (Å²) in [6.07, 6.45) is 9.10. The molecule has 1 unspecified atom stereocenters. The second-order valence-corrected chi connectivity index (χ2v) is 9.11. The zero-order valence-corrected chi connectivity index (χ0v) is 19.0. The highest BCUT2D eigenvalue weighted by atomic mass is 16.5. The van der Waals surface area contributed by atoms with E-state index in [1.807, 2.05) is 47.4 Å². The van der Waals surface area contributed by atoms with E-state index < -0.39 is 0 Å². The molecule has 0 radical (unpaired) electrons. The summed E-state index contributed by atoms with van der Waals surface area (Å²) in [5, 5.41) is 3.25. The maximum atomic E-state index is 13.0. The number of piperidine rings is 1. The van der Waals surface area contributed by atoms with Crippen LogP contribution >= 0.6 is 0 Å². The number of hydrogen-bond donors (Lipinski definition) is 1. The Balaban J connectivity index is 1.41. The van der Waals surface area contributed by atoms with E-state index in [1.165, 1.54) is 25.7 Å². The number of likely N-dealkylation sites (tertiary alicyclic amines) is 1. The van der Waals surface area contributed by atoms with E-state index in [9.17, 15) is 9.59 Å². The van der Waals surface area contributed by atoms with E-state index in [2.05, 4.69) is 11.4 Å². The maximum absolute atomic E-state index is 13.0. The van der Waals surface area contributed by atoms with Crippen LogP contribution in [0, 0.1) is 0 Å². The molecule has 0 spiro atoms. The SMILES string of the molecule is COc1ccc(C(=O)N2CCCC(c3cccc(C(=O)NC4CCCCCC4)c3)C2)cc1. The standard InChI is InChI=1S/C27H34N2O3/c1-32-25-15-13-20(14-16-25)27(31)29-17-7-10-23(19-29)21-8-6-9-22(18-21)26(30)28-24-11-4-2-3-5-12-24/h6,8-9,13-16,18,23-24H,2-5,7,10-12,17,19H2,1H3,(H,28,30). The first-order valence-corrected chi connectivity index (χ1v) is 12.0. The van der Waals surface area contributed by atoms with Crippen molar-refractivity contribution in [1.82, 2.24) is 10.2 Å². The van der Waals surface area contributed by atoms with E-state index in [4.69, 9.17) is 4.74 Å². The summed E-state index contributed by atoms with van der Waals surface area (Å²) in [7, 11) is 1.62. The van der Waals surface area contributed by atoms with Crippen molar-refractivity contribution < 1.29 is 14.3 Å². The Hall–Kier alpha value is -2.82. The van der Waals surface area contributed by atoms with Crippen molar-refractivity contribution in [2.45, 2.75) is 63.3 Å². The van der Waals surface area contributed by atoms with Gasteiger partial charge >= 0.3 is 0 Å². The zero-order valence-electron chi connectivity index (χ0n) is 19.0. The molecule has 2 aliphatic rings. The third-order valence-electron chi connectivity index (χ3n) is 6.86. The van der Waals surface area contributed by atoms with Crippen LogP contribution in [0.3, 0.4) is 0 Å². The van der Waals surface area contributed by atoms with Crippen molar-refractivity contribution >= 4 is 11.8 Å². The molecule has 0 bridgehead atoms. The normalized spacial score (nSPS) is 19.8. The average Bonchev–Trinajstić information content (AvgIpc) is 3.12. The third-order valence-corrected chi connectivity index (χ3v) is 6.86. The number of methoxy groups -OCH3 is 1. The minimum absolute atomic E-state index is 0.0284. The molecule has 1 atom stereocenters. The van der Waals surface area contributed by atoms with Gasteiger partial charge in [-0.1, -0.05) is 37.8 Å². The molecule has 4 rings (SSSR count). The van der Waals surface area contributed by atoms with Crippen LogP contribution in [0.4, 0.5) is 0 Å². The highest BCUT2D eigenvalue weighted by molar-refractivity contribution is 5.95. The number of hydrogen-bond acceptors (Lipinski definition) is 3. The van der Waals surface area contributed by atoms with Crippen LogP contribution in [0.15, 0.2) is 48.5 Å². The fourth-order valence-electron chi connectivity index (χ4n) is 4.98. The van der Waals surface area contributed by atoms with Crippen LogP contribution in [0.1, 0.15) is 83.6 Å². The van der Waals surface area contributed by atoms with Crippen LogP contribution in [0.2, 0.25) is 0 Å². The number of rotatable bonds is 5. The number of ether oxygens (including phenoxy) is 1. The van der Waals surface area contributed by atoms with Gasteiger partial charge in [0.2, 0.25) is 0 Å². The van der Waals surface area contributed by atoms with Crippen molar-refractivity contribution in [3.8, 4) is 5.75 Å². The van der Waals surface area contributed by atoms with Gasteiger partial charge in [-0.3, -0.25) is 9.59 Å². The van der Waals surface area contributed by atoms with E-state index in [1.54, 1.807) is 7.11 Å². The molecule has 2 fully saturated rings. The van der Waals surface area contributed by atoms with Gasteiger partial charge < -0.3 is 15.0 Å². The van der Waals surface area contributed by atoms with Crippen molar-refractivity contribution in [1.29, 1.82) is 0 Å². The van der Waals surface area contributed by atoms with Gasteiger partial charge in [-0.2, -0.15) is 0 Å². The minimum Gasteiger partial charge on any atom is -0.497 e. The molecule has 1 heterocycles. The van der Waals surface area contributed by atoms with Gasteiger partial charge in [-0.05, 0) is 67.6 Å². The molecule has 2 aromatic carbocycles. The number of benzene rings is 2. The Morgan fingerprint density at radius 1 is 0.906 bits per heavy atom. The lowest BCUT2D eigenvalue weighted by Crippen LogP contribution is -2.39. The largest absolute Gasteiger partial charge is 0.497 e. The molecule has 2 amide bonds. The molecule has 32 heavy (non-hydrogen) atoms. The summed E-state index contributed by atoms with van der Waals surface area (Å²) in [6.45, 7) is 1.45. The lowest BCUT2D eigenvalue weighted by Gasteiger charge is -2.33. The van der Waals surface area contributed by atoms with Gasteiger partial charge in [-0.15, -0.1) is 0 Å². The van der Waals surface area contributed by atoms with Crippen LogP contribution < -0.4 is 10.1 Å². The fourth-order valence-corrected chi connectivity index (χ4v) is 4.98. The summed E-state index contributed by atoms with van der Waals surface area (Å²) in [6, 6.07) is 15.6. The quantitative estimate of drug-likeness (QED) is 0.661. The van der Waals surface area contributed by atoms with Gasteiger partial charge in [0.25, 0.3) is 11.8 Å². The molecule has 170 valence electrons. The second-order valence-electron chi connectivity index (χ2n) is 9.11. The molecule has 1 aliphatic carbocycles. The number of carbonyl (C=O) groups is 2. The van der Waals surface area contributed by atoms with Gasteiger partial charge in [0, 0.05) is 36.2 Å². The first-order valence-electron chi connectivity index (χ1n) is 12.0. The van der Waals surface area contributed by atoms with Crippen LogP contribution in [-0.2, 0) is 0 Å². The van der Waals surface area contributed by atoms with E-state index >= 15 is 0 Å². The van der Waals surface area contributed by atoms with E-state index in [0.717, 1.165) is 49.1 Å². The second kappa shape index (κ2) is 10.7. The molecule has 5 nitrogen and oxygen atoms in total. The molecule has 1 saturated carbocycles. The maximum Gasteiger partial charge on any atom is 0.253 e. The van der Waals surface area contributed by atoms with E-state index in [-0.39, 0.29) is 17.7 Å². The zero-order chi connectivity index (χ0) is 22.3. The molecule has 1 saturated heterocycles. The minimum atomic E-state index is 0.0284. The number of nitrogens with zero attached hydrogens (tertiary/aromatic N) is 1. The summed E-state index contributed by atoms with van der Waals surface area (Å²) in [5.41, 5.74) is 2.55. The number of carbonyl (C=O) groups excluding carboxylic acids is 2. The van der Waals surface area contributed by atoms with Crippen molar-refractivity contribution in [3.05, 3.63) is 65.2 Å².